The summed E-state index contributed by atoms with van der Waals surface area (Å²) in [5.74, 6) is -0.727. The molecule has 21 heavy (non-hydrogen) atoms. The molecule has 1 atom stereocenters. The minimum Gasteiger partial charge on any atom is -0.294 e. The van der Waals surface area contributed by atoms with E-state index in [1.165, 1.54) is 6.92 Å². The number of Topliss-reactive ketones (excluding diaryl/α,β-unsaturated/α-hetero) is 1. The molecule has 3 rings (SSSR count). The van der Waals surface area contributed by atoms with Gasteiger partial charge in [0.1, 0.15) is 0 Å². The molecule has 0 aromatic heterocycles. The molecule has 0 N–H and O–H groups in total. The van der Waals surface area contributed by atoms with Crippen LogP contribution in [0.4, 0.5) is 0 Å². The average Bonchev–Trinajstić information content (AvgIpc) is 2.47. The number of fused-ring (bicyclic) bond motifs is 1. The van der Waals surface area contributed by atoms with Crippen molar-refractivity contribution in [3.05, 3.63) is 65.3 Å². The summed E-state index contributed by atoms with van der Waals surface area (Å²) in [6.45, 7) is 1.40. The minimum absolute atomic E-state index is 0.0616. The van der Waals surface area contributed by atoms with E-state index in [4.69, 9.17) is 0 Å². The first-order valence-electron chi connectivity index (χ1n) is 6.56. The van der Waals surface area contributed by atoms with Gasteiger partial charge in [0.05, 0.1) is 16.1 Å². The number of hydrogen-bond donors (Lipinski definition) is 0. The highest BCUT2D eigenvalue weighted by Gasteiger charge is 2.30. The Morgan fingerprint density at radius 3 is 2.62 bits per heavy atom. The van der Waals surface area contributed by atoms with Crippen molar-refractivity contribution in [1.82, 2.24) is 0 Å². The van der Waals surface area contributed by atoms with Gasteiger partial charge in [-0.15, -0.1) is 0 Å². The van der Waals surface area contributed by atoms with Gasteiger partial charge < -0.3 is 0 Å². The summed E-state index contributed by atoms with van der Waals surface area (Å²) < 4.78 is 0. The zero-order valence-electron chi connectivity index (χ0n) is 11.3. The largest absolute Gasteiger partial charge is 0.294 e. The second-order valence-corrected chi connectivity index (χ2v) is 5.92. The molecule has 0 saturated heterocycles. The first-order valence-corrected chi connectivity index (χ1v) is 7.48. The molecule has 1 unspecified atom stereocenters. The van der Waals surface area contributed by atoms with E-state index in [1.54, 1.807) is 0 Å². The molecule has 104 valence electrons. The number of rotatable bonds is 2. The standard InChI is InChI=1S/C17H12BrNO2/c1-10(20)15-16(11-5-3-2-4-6-11)13-9-12(18)7-8-14(13)19-17(15)21/h2-9,12H,1H3. The fraction of sp³-hybridized carbons (Fsp3) is 0.118. The van der Waals surface area contributed by atoms with E-state index in [2.05, 4.69) is 20.9 Å². The Balaban J connectivity index is 2.28. The zero-order chi connectivity index (χ0) is 15.0. The van der Waals surface area contributed by atoms with Gasteiger partial charge in [-0.1, -0.05) is 58.4 Å². The molecule has 1 aromatic carbocycles. The molecule has 2 aliphatic rings. The van der Waals surface area contributed by atoms with Crippen LogP contribution in [0.2, 0.25) is 0 Å². The summed E-state index contributed by atoms with van der Waals surface area (Å²) in [4.78, 5) is 28.3. The predicted molar refractivity (Wildman–Crippen MR) is 86.4 cm³/mol. The maximum Gasteiger partial charge on any atom is 0.281 e. The molecular formula is C17H12BrNO2. The topological polar surface area (TPSA) is 46.5 Å². The van der Waals surface area contributed by atoms with Crippen molar-refractivity contribution in [2.45, 2.75) is 11.8 Å². The Labute approximate surface area is 130 Å². The quantitative estimate of drug-likeness (QED) is 0.612. The van der Waals surface area contributed by atoms with Gasteiger partial charge >= 0.3 is 0 Å². The van der Waals surface area contributed by atoms with E-state index in [0.717, 1.165) is 11.1 Å². The number of benzene rings is 1. The van der Waals surface area contributed by atoms with E-state index >= 15 is 0 Å². The Morgan fingerprint density at radius 1 is 1.24 bits per heavy atom. The van der Waals surface area contributed by atoms with E-state index in [0.29, 0.717) is 11.3 Å². The van der Waals surface area contributed by atoms with Crippen LogP contribution in [-0.4, -0.2) is 22.2 Å². The first kappa shape index (κ1) is 13.9. The third kappa shape index (κ3) is 2.47. The molecule has 3 nitrogen and oxygen atoms in total. The van der Waals surface area contributed by atoms with Gasteiger partial charge in [0.15, 0.2) is 5.78 Å². The number of allylic oxidation sites excluding steroid dienone is 5. The van der Waals surface area contributed by atoms with Crippen molar-refractivity contribution in [1.29, 1.82) is 0 Å². The average molecular weight is 342 g/mol. The summed E-state index contributed by atoms with van der Waals surface area (Å²) in [5, 5.41) is 0. The number of ketones is 1. The Kier molecular flexibility index (Phi) is 3.55. The molecule has 0 fully saturated rings. The molecule has 0 spiro atoms. The fourth-order valence-electron chi connectivity index (χ4n) is 2.52. The van der Waals surface area contributed by atoms with Crippen molar-refractivity contribution < 1.29 is 9.59 Å². The van der Waals surface area contributed by atoms with Crippen LogP contribution in [0, 0.1) is 0 Å². The molecular weight excluding hydrogens is 330 g/mol. The highest BCUT2D eigenvalue weighted by atomic mass is 79.9. The van der Waals surface area contributed by atoms with Gasteiger partial charge in [-0.3, -0.25) is 9.59 Å². The van der Waals surface area contributed by atoms with Gasteiger partial charge in [-0.05, 0) is 18.6 Å². The molecule has 1 aromatic rings. The number of hydrogen-bond acceptors (Lipinski definition) is 2. The number of halogens is 1. The number of nitrogens with zero attached hydrogens (tertiary/aromatic N) is 1. The van der Waals surface area contributed by atoms with E-state index < -0.39 is 5.91 Å². The summed E-state index contributed by atoms with van der Waals surface area (Å²) in [6, 6.07) is 9.48. The SMILES string of the molecule is CC(=O)C1=C(c2ccccc2)C2=CC(Br)C=CC2=NC1=O. The van der Waals surface area contributed by atoms with Gasteiger partial charge in [-0.2, -0.15) is 0 Å². The number of carbonyl (C=O) groups is 2. The summed E-state index contributed by atoms with van der Waals surface area (Å²) in [7, 11) is 0. The van der Waals surface area contributed by atoms with Crippen LogP contribution in [0.25, 0.3) is 5.57 Å². The maximum atomic E-state index is 12.2. The highest BCUT2D eigenvalue weighted by Crippen LogP contribution is 2.35. The van der Waals surface area contributed by atoms with E-state index in [-0.39, 0.29) is 16.2 Å². The Morgan fingerprint density at radius 2 is 1.95 bits per heavy atom. The fourth-order valence-corrected chi connectivity index (χ4v) is 2.94. The van der Waals surface area contributed by atoms with Crippen LogP contribution in [0.15, 0.2) is 64.7 Å². The second-order valence-electron chi connectivity index (χ2n) is 4.86. The normalized spacial score (nSPS) is 20.9. The smallest absolute Gasteiger partial charge is 0.281 e. The predicted octanol–water partition coefficient (Wildman–Crippen LogP) is 3.27. The molecule has 1 aliphatic heterocycles. The second kappa shape index (κ2) is 5.37. The first-order chi connectivity index (χ1) is 10.1. The maximum absolute atomic E-state index is 12.2. The van der Waals surface area contributed by atoms with Crippen molar-refractivity contribution in [3.8, 4) is 0 Å². The summed E-state index contributed by atoms with van der Waals surface area (Å²) in [5.41, 5.74) is 3.12. The molecule has 0 radical (unpaired) electrons. The summed E-state index contributed by atoms with van der Waals surface area (Å²) in [6.07, 6.45) is 5.69. The number of alkyl halides is 1. The zero-order valence-corrected chi connectivity index (χ0v) is 12.9. The summed E-state index contributed by atoms with van der Waals surface area (Å²) >= 11 is 3.51. The Bertz CT molecular complexity index is 754. The number of amides is 1. The van der Waals surface area contributed by atoms with Crippen molar-refractivity contribution >= 4 is 38.9 Å². The lowest BCUT2D eigenvalue weighted by molar-refractivity contribution is -0.119. The van der Waals surface area contributed by atoms with Crippen molar-refractivity contribution in [3.63, 3.8) is 0 Å². The lowest BCUT2D eigenvalue weighted by Gasteiger charge is -2.23. The van der Waals surface area contributed by atoms with Crippen LogP contribution in [-0.2, 0) is 9.59 Å². The third-order valence-electron chi connectivity index (χ3n) is 3.41. The van der Waals surface area contributed by atoms with Gasteiger partial charge in [0.2, 0.25) is 0 Å². The highest BCUT2D eigenvalue weighted by molar-refractivity contribution is 9.09. The number of carbonyl (C=O) groups excluding carboxylic acids is 2. The van der Waals surface area contributed by atoms with E-state index in [1.807, 2.05) is 48.6 Å². The molecule has 1 amide bonds. The number of dihydropyridines is 1. The van der Waals surface area contributed by atoms with Crippen molar-refractivity contribution in [2.24, 2.45) is 4.99 Å². The van der Waals surface area contributed by atoms with Gasteiger partial charge in [-0.25, -0.2) is 4.99 Å². The van der Waals surface area contributed by atoms with Gasteiger partial charge in [0.25, 0.3) is 5.91 Å². The molecule has 4 heteroatoms. The van der Waals surface area contributed by atoms with Gasteiger partial charge in [0, 0.05) is 11.1 Å². The van der Waals surface area contributed by atoms with Crippen LogP contribution >= 0.6 is 15.9 Å². The molecule has 0 bridgehead atoms. The third-order valence-corrected chi connectivity index (χ3v) is 3.98. The van der Waals surface area contributed by atoms with Crippen LogP contribution in [0.3, 0.4) is 0 Å². The Hall–Kier alpha value is -2.07. The minimum atomic E-state index is -0.467. The lowest BCUT2D eigenvalue weighted by atomic mass is 9.84. The van der Waals surface area contributed by atoms with E-state index in [9.17, 15) is 9.59 Å². The van der Waals surface area contributed by atoms with Crippen LogP contribution in [0.5, 0.6) is 0 Å². The lowest BCUT2D eigenvalue weighted by Crippen LogP contribution is -2.23. The van der Waals surface area contributed by atoms with Crippen LogP contribution < -0.4 is 0 Å². The van der Waals surface area contributed by atoms with Crippen LogP contribution in [0.1, 0.15) is 12.5 Å². The van der Waals surface area contributed by atoms with Crippen molar-refractivity contribution in [2.75, 3.05) is 0 Å². The monoisotopic (exact) mass is 341 g/mol. The molecule has 1 heterocycles. The number of aliphatic imine (C=N–C) groups is 1. The molecule has 1 aliphatic carbocycles. The molecule has 0 saturated carbocycles.